The largest absolute Gasteiger partial charge is 0.460 e. The first kappa shape index (κ1) is 19.3. The molecule has 0 atom stereocenters. The Bertz CT molecular complexity index is 605. The number of carbonyl (C=O) groups excluding carboxylic acids is 2. The van der Waals surface area contributed by atoms with Crippen LogP contribution in [0.3, 0.4) is 0 Å². The molecule has 0 radical (unpaired) electrons. The molecule has 138 valence electrons. The molecule has 0 saturated carbocycles. The lowest BCUT2D eigenvalue weighted by molar-refractivity contribution is -0.154. The molecule has 0 unspecified atom stereocenters. The van der Waals surface area contributed by atoms with Gasteiger partial charge in [-0.25, -0.2) is 0 Å². The molecule has 5 nitrogen and oxygen atoms in total. The zero-order chi connectivity index (χ0) is 18.3. The first-order valence-electron chi connectivity index (χ1n) is 9.22. The van der Waals surface area contributed by atoms with Crippen molar-refractivity contribution in [2.75, 3.05) is 11.9 Å². The fourth-order valence-electron chi connectivity index (χ4n) is 2.96. The molecule has 2 rings (SSSR count). The van der Waals surface area contributed by atoms with Crippen LogP contribution < -0.4 is 10.6 Å². The maximum Gasteiger partial charge on any atom is 0.306 e. The van der Waals surface area contributed by atoms with Crippen molar-refractivity contribution in [1.82, 2.24) is 5.32 Å². The van der Waals surface area contributed by atoms with E-state index < -0.39 is 0 Å². The second-order valence-electron chi connectivity index (χ2n) is 7.55. The first-order valence-corrected chi connectivity index (χ1v) is 9.22. The number of hydrogen-bond acceptors (Lipinski definition) is 4. The highest BCUT2D eigenvalue weighted by Gasteiger charge is 2.20. The Morgan fingerprint density at radius 2 is 1.88 bits per heavy atom. The van der Waals surface area contributed by atoms with E-state index in [-0.39, 0.29) is 17.5 Å². The number of carbonyl (C=O) groups is 2. The zero-order valence-electron chi connectivity index (χ0n) is 15.6. The van der Waals surface area contributed by atoms with E-state index in [1.54, 1.807) is 0 Å². The molecule has 25 heavy (non-hydrogen) atoms. The summed E-state index contributed by atoms with van der Waals surface area (Å²) in [6.07, 6.45) is 5.79. The number of benzene rings is 1. The van der Waals surface area contributed by atoms with Gasteiger partial charge in [-0.3, -0.25) is 9.59 Å². The molecule has 1 aromatic carbocycles. The molecule has 0 aromatic heterocycles. The molecule has 0 aliphatic carbocycles. The number of ether oxygens (including phenoxy) is 1. The van der Waals surface area contributed by atoms with Gasteiger partial charge in [0, 0.05) is 36.3 Å². The van der Waals surface area contributed by atoms with Crippen molar-refractivity contribution in [1.29, 1.82) is 0 Å². The number of hydrogen-bond donors (Lipinski definition) is 2. The van der Waals surface area contributed by atoms with E-state index >= 15 is 0 Å². The molecule has 0 fully saturated rings. The smallest absolute Gasteiger partial charge is 0.306 e. The normalized spacial score (nSPS) is 13.3. The Hall–Kier alpha value is -2.04. The third-order valence-corrected chi connectivity index (χ3v) is 4.14. The Morgan fingerprint density at radius 3 is 2.64 bits per heavy atom. The maximum absolute atomic E-state index is 11.6. The topological polar surface area (TPSA) is 67.4 Å². The van der Waals surface area contributed by atoms with Crippen LogP contribution in [0.4, 0.5) is 5.69 Å². The average molecular weight is 346 g/mol. The van der Waals surface area contributed by atoms with Crippen molar-refractivity contribution < 1.29 is 14.3 Å². The molecular weight excluding hydrogens is 316 g/mol. The van der Waals surface area contributed by atoms with Gasteiger partial charge in [0.2, 0.25) is 0 Å². The molecule has 0 saturated heterocycles. The lowest BCUT2D eigenvalue weighted by Crippen LogP contribution is -2.23. The van der Waals surface area contributed by atoms with Gasteiger partial charge in [-0.15, -0.1) is 0 Å². The number of anilines is 1. The average Bonchev–Trinajstić information content (AvgIpc) is 2.90. The fourth-order valence-corrected chi connectivity index (χ4v) is 2.96. The maximum atomic E-state index is 11.6. The summed E-state index contributed by atoms with van der Waals surface area (Å²) in [7, 11) is 0. The zero-order valence-corrected chi connectivity index (χ0v) is 15.6. The van der Waals surface area contributed by atoms with Gasteiger partial charge in [-0.1, -0.05) is 25.3 Å². The van der Waals surface area contributed by atoms with Gasteiger partial charge in [-0.05, 0) is 45.7 Å². The lowest BCUT2D eigenvalue weighted by atomic mass is 10.1. The highest BCUT2D eigenvalue weighted by atomic mass is 16.6. The fraction of sp³-hybridized carbons (Fsp3) is 0.600. The summed E-state index contributed by atoms with van der Waals surface area (Å²) in [5.41, 5.74) is 2.53. The molecule has 2 N–H and O–H groups in total. The van der Waals surface area contributed by atoms with Crippen LogP contribution in [0.25, 0.3) is 0 Å². The van der Waals surface area contributed by atoms with E-state index in [9.17, 15) is 9.59 Å². The molecule has 1 amide bonds. The molecule has 1 heterocycles. The minimum Gasteiger partial charge on any atom is -0.460 e. The van der Waals surface area contributed by atoms with Crippen LogP contribution in [-0.4, -0.2) is 24.0 Å². The van der Waals surface area contributed by atoms with E-state index in [0.29, 0.717) is 13.0 Å². The van der Waals surface area contributed by atoms with Crippen molar-refractivity contribution in [2.24, 2.45) is 0 Å². The van der Waals surface area contributed by atoms with Gasteiger partial charge in [0.15, 0.2) is 0 Å². The highest BCUT2D eigenvalue weighted by Crippen LogP contribution is 2.24. The number of amides is 1. The Kier molecular flexibility index (Phi) is 6.85. The minimum absolute atomic E-state index is 0.0173. The number of unbranched alkanes of at least 4 members (excludes halogenated alkanes) is 4. The van der Waals surface area contributed by atoms with Crippen molar-refractivity contribution >= 4 is 17.6 Å². The van der Waals surface area contributed by atoms with Crippen molar-refractivity contribution in [3.8, 4) is 0 Å². The molecule has 5 heteroatoms. The van der Waals surface area contributed by atoms with Gasteiger partial charge < -0.3 is 15.4 Å². The van der Waals surface area contributed by atoms with Gasteiger partial charge in [0.25, 0.3) is 5.91 Å². The first-order chi connectivity index (χ1) is 11.9. The second kappa shape index (κ2) is 8.88. The third kappa shape index (κ3) is 6.40. The van der Waals surface area contributed by atoms with Gasteiger partial charge >= 0.3 is 5.97 Å². The van der Waals surface area contributed by atoms with E-state index in [2.05, 4.69) is 10.6 Å². The van der Waals surface area contributed by atoms with Crippen molar-refractivity contribution in [2.45, 2.75) is 71.4 Å². The van der Waals surface area contributed by atoms with Crippen LogP contribution in [0.2, 0.25) is 0 Å². The van der Waals surface area contributed by atoms with E-state index in [4.69, 9.17) is 4.74 Å². The number of esters is 1. The monoisotopic (exact) mass is 346 g/mol. The predicted octanol–water partition coefficient (Wildman–Crippen LogP) is 4.02. The quantitative estimate of drug-likeness (QED) is 0.523. The standard InChI is InChI=1S/C20H30N2O3/c1-20(2,3)25-18(23)12-7-5-4-6-8-13-21-17-11-9-10-15-16(17)14-22-19(15)24/h9-11,21H,4-8,12-14H2,1-3H3,(H,22,24). The summed E-state index contributed by atoms with van der Waals surface area (Å²) in [4.78, 5) is 23.3. The van der Waals surface area contributed by atoms with Crippen molar-refractivity contribution in [3.63, 3.8) is 0 Å². The van der Waals surface area contributed by atoms with Gasteiger partial charge in [0.05, 0.1) is 0 Å². The summed E-state index contributed by atoms with van der Waals surface area (Å²) < 4.78 is 5.30. The van der Waals surface area contributed by atoms with Crippen LogP contribution in [0, 0.1) is 0 Å². The molecule has 1 aliphatic rings. The van der Waals surface area contributed by atoms with Gasteiger partial charge in [0.1, 0.15) is 5.60 Å². The molecular formula is C20H30N2O3. The van der Waals surface area contributed by atoms with Crippen LogP contribution in [0.5, 0.6) is 0 Å². The highest BCUT2D eigenvalue weighted by molar-refractivity contribution is 5.99. The molecule has 0 spiro atoms. The number of nitrogens with one attached hydrogen (secondary N) is 2. The summed E-state index contributed by atoms with van der Waals surface area (Å²) in [5, 5.41) is 6.29. The minimum atomic E-state index is -0.388. The summed E-state index contributed by atoms with van der Waals surface area (Å²) >= 11 is 0. The van der Waals surface area contributed by atoms with Crippen molar-refractivity contribution in [3.05, 3.63) is 29.3 Å². The SMILES string of the molecule is CC(C)(C)OC(=O)CCCCCCCNc1cccc2c1CNC2=O. The second-order valence-corrected chi connectivity index (χ2v) is 7.55. The van der Waals surface area contributed by atoms with Crippen LogP contribution in [0.15, 0.2) is 18.2 Å². The Morgan fingerprint density at radius 1 is 1.16 bits per heavy atom. The lowest BCUT2D eigenvalue weighted by Gasteiger charge is -2.19. The van der Waals surface area contributed by atoms with E-state index in [1.807, 2.05) is 39.0 Å². The summed E-state index contributed by atoms with van der Waals surface area (Å²) in [6.45, 7) is 7.20. The molecule has 0 bridgehead atoms. The van der Waals surface area contributed by atoms with E-state index in [0.717, 1.165) is 55.5 Å². The van der Waals surface area contributed by atoms with Crippen LogP contribution >= 0.6 is 0 Å². The molecule has 1 aromatic rings. The van der Waals surface area contributed by atoms with Crippen LogP contribution in [0.1, 0.15) is 75.2 Å². The number of fused-ring (bicyclic) bond motifs is 1. The Balaban J connectivity index is 1.55. The van der Waals surface area contributed by atoms with E-state index in [1.165, 1.54) is 0 Å². The summed E-state index contributed by atoms with van der Waals surface area (Å²) in [6, 6.07) is 5.82. The number of rotatable bonds is 9. The van der Waals surface area contributed by atoms with Gasteiger partial charge in [-0.2, -0.15) is 0 Å². The predicted molar refractivity (Wildman–Crippen MR) is 99.6 cm³/mol. The van der Waals surface area contributed by atoms with Crippen LogP contribution in [-0.2, 0) is 16.1 Å². The summed E-state index contributed by atoms with van der Waals surface area (Å²) in [5.74, 6) is -0.0844. The Labute approximate surface area is 150 Å². The third-order valence-electron chi connectivity index (χ3n) is 4.14. The molecule has 1 aliphatic heterocycles.